The molecule has 3 aliphatic rings. The van der Waals surface area contributed by atoms with Gasteiger partial charge in [0.1, 0.15) is 0 Å². The van der Waals surface area contributed by atoms with E-state index in [2.05, 4.69) is 86.7 Å². The predicted molar refractivity (Wildman–Crippen MR) is 131 cm³/mol. The number of thiophene rings is 1. The Hall–Kier alpha value is -1.76. The van der Waals surface area contributed by atoms with E-state index in [1.807, 2.05) is 49.9 Å². The molecule has 0 saturated heterocycles. The van der Waals surface area contributed by atoms with Crippen molar-refractivity contribution in [2.45, 2.75) is 39.5 Å². The zero-order valence-electron chi connectivity index (χ0n) is 18.5. The second-order valence-corrected chi connectivity index (χ2v) is 11.7. The molecule has 0 aliphatic heterocycles. The molecule has 156 valence electrons. The Morgan fingerprint density at radius 3 is 2.10 bits per heavy atom. The standard InChI is InChI=1S/C27H21AtS.C2H6/c1-3-17-24-25(29-26(17)28)20-14-12-16(2)13-15-23(20)27(24)21-10-6-4-8-18(21)19-9-5-7-11-22(19)27;1-2/h4-16H,3H2,1-2H3;1-2H3. The molecule has 3 aromatic rings. The minimum atomic E-state index is -0.173. The SMILES string of the molecule is CC.CCc1c([At])sc2c1C1(C3=C2C=CC(C)C=C3)c2ccccc2-c2ccccc21. The summed E-state index contributed by atoms with van der Waals surface area (Å²) >= 11 is 3.85. The molecule has 0 bridgehead atoms. The van der Waals surface area contributed by atoms with Gasteiger partial charge in [0.05, 0.1) is 0 Å². The van der Waals surface area contributed by atoms with Crippen molar-refractivity contribution in [1.82, 2.24) is 0 Å². The first-order valence-corrected chi connectivity index (χ1v) is 13.6. The van der Waals surface area contributed by atoms with Gasteiger partial charge in [0.25, 0.3) is 0 Å². The van der Waals surface area contributed by atoms with Gasteiger partial charge in [0.15, 0.2) is 0 Å². The Labute approximate surface area is 205 Å². The van der Waals surface area contributed by atoms with E-state index >= 15 is 0 Å². The Bertz CT molecular complexity index is 1220. The van der Waals surface area contributed by atoms with Gasteiger partial charge in [0.2, 0.25) is 0 Å². The van der Waals surface area contributed by atoms with Crippen LogP contribution < -0.4 is 2.59 Å². The van der Waals surface area contributed by atoms with Crippen LogP contribution in [0.5, 0.6) is 0 Å². The third-order valence-electron chi connectivity index (χ3n) is 6.71. The number of allylic oxidation sites excluding steroid dienone is 6. The first kappa shape index (κ1) is 21.1. The fourth-order valence-electron chi connectivity index (χ4n) is 5.53. The van der Waals surface area contributed by atoms with E-state index < -0.39 is 0 Å². The minimum absolute atomic E-state index is 0.173. The van der Waals surface area contributed by atoms with Crippen molar-refractivity contribution < 1.29 is 24.7 Å². The summed E-state index contributed by atoms with van der Waals surface area (Å²) in [5, 5.41) is 0. The number of fused-ring (bicyclic) bond motifs is 9. The quantitative estimate of drug-likeness (QED) is 0.268. The van der Waals surface area contributed by atoms with Gasteiger partial charge in [-0.1, -0.05) is 13.8 Å². The summed E-state index contributed by atoms with van der Waals surface area (Å²) in [7, 11) is 0. The number of benzene rings is 2. The molecule has 3 aliphatic carbocycles. The Balaban J connectivity index is 0.000000994. The Kier molecular flexibility index (Phi) is 5.44. The Morgan fingerprint density at radius 1 is 0.903 bits per heavy atom. The van der Waals surface area contributed by atoms with Gasteiger partial charge in [-0.2, -0.15) is 0 Å². The molecule has 0 fully saturated rings. The van der Waals surface area contributed by atoms with Gasteiger partial charge in [-0.25, -0.2) is 0 Å². The van der Waals surface area contributed by atoms with Gasteiger partial charge in [-0.05, 0) is 0 Å². The van der Waals surface area contributed by atoms with Crippen LogP contribution in [-0.4, -0.2) is 0 Å². The average Bonchev–Trinajstić information content (AvgIpc) is 3.32. The molecule has 0 radical (unpaired) electrons. The molecule has 0 amide bonds. The van der Waals surface area contributed by atoms with E-state index in [1.54, 1.807) is 11.1 Å². The van der Waals surface area contributed by atoms with Crippen LogP contribution in [0.4, 0.5) is 0 Å². The van der Waals surface area contributed by atoms with Crippen LogP contribution >= 0.6 is 11.3 Å². The number of hydrogen-bond donors (Lipinski definition) is 0. The topological polar surface area (TPSA) is 0 Å². The average molecular weight is 618 g/mol. The van der Waals surface area contributed by atoms with Gasteiger partial charge < -0.3 is 0 Å². The summed E-state index contributed by atoms with van der Waals surface area (Å²) in [6, 6.07) is 18.2. The van der Waals surface area contributed by atoms with Crippen LogP contribution in [0.25, 0.3) is 16.7 Å². The van der Waals surface area contributed by atoms with E-state index in [9.17, 15) is 0 Å². The van der Waals surface area contributed by atoms with Gasteiger partial charge >= 0.3 is 192 Å². The van der Waals surface area contributed by atoms with Crippen LogP contribution in [0.3, 0.4) is 0 Å². The van der Waals surface area contributed by atoms with Crippen molar-refractivity contribution in [3.63, 3.8) is 0 Å². The van der Waals surface area contributed by atoms with E-state index in [4.69, 9.17) is 0 Å². The molecule has 6 rings (SSSR count). The normalized spacial score (nSPS) is 18.8. The zero-order chi connectivity index (χ0) is 21.8. The molecule has 1 spiro atoms. The van der Waals surface area contributed by atoms with Crippen molar-refractivity contribution in [3.8, 4) is 11.1 Å². The molecule has 2 aromatic carbocycles. The van der Waals surface area contributed by atoms with Gasteiger partial charge in [-0.15, -0.1) is 0 Å². The summed E-state index contributed by atoms with van der Waals surface area (Å²) < 4.78 is 1.53. The third-order valence-corrected chi connectivity index (χ3v) is 9.55. The molecule has 1 heterocycles. The maximum atomic E-state index is 2.44. The molecule has 31 heavy (non-hydrogen) atoms. The fraction of sp³-hybridized carbons (Fsp3) is 0.241. The molecule has 0 N–H and O–H groups in total. The summed E-state index contributed by atoms with van der Waals surface area (Å²) in [6.45, 7) is 8.60. The van der Waals surface area contributed by atoms with Crippen molar-refractivity contribution in [1.29, 1.82) is 0 Å². The van der Waals surface area contributed by atoms with E-state index in [-0.39, 0.29) is 5.41 Å². The summed E-state index contributed by atoms with van der Waals surface area (Å²) in [5.41, 5.74) is 11.6. The summed E-state index contributed by atoms with van der Waals surface area (Å²) in [4.78, 5) is 1.50. The summed E-state index contributed by atoms with van der Waals surface area (Å²) in [5.74, 6) is 0.462. The molecular formula is C29H27AtS. The van der Waals surface area contributed by atoms with Crippen LogP contribution in [0.2, 0.25) is 0 Å². The van der Waals surface area contributed by atoms with Gasteiger partial charge in [0, 0.05) is 0 Å². The van der Waals surface area contributed by atoms with Crippen molar-refractivity contribution >= 4 is 19.5 Å². The van der Waals surface area contributed by atoms with Crippen LogP contribution in [-0.2, 0) is 11.8 Å². The van der Waals surface area contributed by atoms with Crippen LogP contribution in [0, 0.1) is 30.6 Å². The number of rotatable bonds is 1. The zero-order valence-corrected chi connectivity index (χ0v) is 22.3. The van der Waals surface area contributed by atoms with E-state index in [0.717, 1.165) is 6.42 Å². The van der Waals surface area contributed by atoms with Crippen molar-refractivity contribution in [2.75, 3.05) is 0 Å². The Morgan fingerprint density at radius 2 is 1.48 bits per heavy atom. The molecule has 1 unspecified atom stereocenters. The van der Waals surface area contributed by atoms with E-state index in [0.29, 0.717) is 5.92 Å². The summed E-state index contributed by atoms with van der Waals surface area (Å²) in [6.07, 6.45) is 10.7. The first-order chi connectivity index (χ1) is 15.2. The third kappa shape index (κ3) is 2.74. The molecule has 2 heteroatoms. The second kappa shape index (κ2) is 7.98. The predicted octanol–water partition coefficient (Wildman–Crippen LogP) is 7.36. The fourth-order valence-corrected chi connectivity index (χ4v) is 8.54. The van der Waals surface area contributed by atoms with Crippen LogP contribution in [0.1, 0.15) is 54.8 Å². The van der Waals surface area contributed by atoms with Crippen molar-refractivity contribution in [3.05, 3.63) is 106 Å². The first-order valence-electron chi connectivity index (χ1n) is 11.3. The molecular weight excluding hydrogens is 590 g/mol. The van der Waals surface area contributed by atoms with Crippen LogP contribution in [0.15, 0.2) is 78.4 Å². The van der Waals surface area contributed by atoms with Crippen molar-refractivity contribution in [2.24, 2.45) is 5.92 Å². The monoisotopic (exact) mass is 617 g/mol. The van der Waals surface area contributed by atoms with E-state index in [1.165, 1.54) is 40.9 Å². The molecule has 0 nitrogen and oxygen atoms in total. The van der Waals surface area contributed by atoms with Gasteiger partial charge in [-0.3, -0.25) is 0 Å². The molecule has 1 atom stereocenters. The maximum absolute atomic E-state index is 2.44. The molecule has 1 aromatic heterocycles. The molecule has 0 saturated carbocycles. The number of hydrogen-bond acceptors (Lipinski definition) is 1. The second-order valence-electron chi connectivity index (χ2n) is 8.16.